The summed E-state index contributed by atoms with van der Waals surface area (Å²) in [5.74, 6) is 0. The molecule has 2 nitrogen and oxygen atoms in total. The van der Waals surface area contributed by atoms with Crippen LogP contribution < -0.4 is 5.73 Å². The van der Waals surface area contributed by atoms with E-state index >= 15 is 0 Å². The van der Waals surface area contributed by atoms with Gasteiger partial charge in [-0.25, -0.2) is 0 Å². The van der Waals surface area contributed by atoms with E-state index in [1.165, 1.54) is 4.88 Å². The first-order valence-corrected chi connectivity index (χ1v) is 8.60. The average Bonchev–Trinajstić information content (AvgIpc) is 2.94. The predicted octanol–water partition coefficient (Wildman–Crippen LogP) is 4.97. The topological polar surface area (TPSA) is 29.3 Å². The van der Waals surface area contributed by atoms with Crippen molar-refractivity contribution in [1.29, 1.82) is 0 Å². The molecule has 0 aliphatic rings. The van der Waals surface area contributed by atoms with Crippen LogP contribution in [0.15, 0.2) is 35.7 Å². The Labute approximate surface area is 140 Å². The summed E-state index contributed by atoms with van der Waals surface area (Å²) in [6.07, 6.45) is 0. The smallest absolute Gasteiger partial charge is 0.0506 e. The normalized spacial score (nSPS) is 13.1. The number of benzene rings is 1. The molecule has 1 heterocycles. The van der Waals surface area contributed by atoms with Crippen molar-refractivity contribution in [3.63, 3.8) is 0 Å². The average molecular weight is 343 g/mol. The zero-order valence-electron chi connectivity index (χ0n) is 12.2. The summed E-state index contributed by atoms with van der Waals surface area (Å²) >= 11 is 14.5. The Kier molecular flexibility index (Phi) is 6.08. The third kappa shape index (κ3) is 3.99. The highest BCUT2D eigenvalue weighted by Gasteiger charge is 2.26. The fraction of sp³-hybridized carbons (Fsp3) is 0.375. The van der Waals surface area contributed by atoms with Crippen LogP contribution in [-0.2, 0) is 6.54 Å². The van der Waals surface area contributed by atoms with Gasteiger partial charge in [0.25, 0.3) is 0 Å². The van der Waals surface area contributed by atoms with E-state index in [2.05, 4.69) is 36.3 Å². The number of nitrogens with zero attached hydrogens (tertiary/aromatic N) is 1. The fourth-order valence-electron chi connectivity index (χ4n) is 2.48. The summed E-state index contributed by atoms with van der Waals surface area (Å²) < 4.78 is 0. The van der Waals surface area contributed by atoms with Gasteiger partial charge < -0.3 is 5.73 Å². The highest BCUT2D eigenvalue weighted by molar-refractivity contribution is 7.09. The number of rotatable bonds is 6. The highest BCUT2D eigenvalue weighted by Crippen LogP contribution is 2.35. The zero-order chi connectivity index (χ0) is 15.4. The lowest BCUT2D eigenvalue weighted by Crippen LogP contribution is -2.38. The molecule has 0 spiro atoms. The first-order valence-electron chi connectivity index (χ1n) is 6.96. The maximum atomic E-state index is 6.37. The molecule has 1 unspecified atom stereocenters. The van der Waals surface area contributed by atoms with Gasteiger partial charge in [-0.15, -0.1) is 11.3 Å². The second-order valence-electron chi connectivity index (χ2n) is 5.23. The largest absolute Gasteiger partial charge is 0.329 e. The Bertz CT molecular complexity index is 549. The van der Waals surface area contributed by atoms with E-state index in [1.54, 1.807) is 11.3 Å². The molecule has 5 heteroatoms. The van der Waals surface area contributed by atoms with Crippen molar-refractivity contribution in [2.75, 3.05) is 6.54 Å². The molecular weight excluding hydrogens is 323 g/mol. The SMILES string of the molecule is CC(C)N(Cc1cccs1)C(CN)c1c(Cl)cccc1Cl. The fourth-order valence-corrected chi connectivity index (χ4v) is 3.85. The van der Waals surface area contributed by atoms with Crippen molar-refractivity contribution in [1.82, 2.24) is 4.90 Å². The molecule has 2 rings (SSSR count). The second kappa shape index (κ2) is 7.61. The van der Waals surface area contributed by atoms with Crippen molar-refractivity contribution in [3.05, 3.63) is 56.2 Å². The molecule has 0 saturated carbocycles. The Morgan fingerprint density at radius 1 is 1.14 bits per heavy atom. The summed E-state index contributed by atoms with van der Waals surface area (Å²) in [7, 11) is 0. The van der Waals surface area contributed by atoms with Crippen LogP contribution in [0.2, 0.25) is 10.0 Å². The van der Waals surface area contributed by atoms with Gasteiger partial charge in [0.15, 0.2) is 0 Å². The third-order valence-electron chi connectivity index (χ3n) is 3.54. The molecule has 1 atom stereocenters. The van der Waals surface area contributed by atoms with Crippen molar-refractivity contribution in [2.24, 2.45) is 5.73 Å². The van der Waals surface area contributed by atoms with Crippen molar-refractivity contribution in [3.8, 4) is 0 Å². The molecule has 1 aromatic carbocycles. The first kappa shape index (κ1) is 16.8. The van der Waals surface area contributed by atoms with Gasteiger partial charge in [0, 0.05) is 39.6 Å². The lowest BCUT2D eigenvalue weighted by Gasteiger charge is -2.35. The predicted molar refractivity (Wildman–Crippen MR) is 93.3 cm³/mol. The molecule has 114 valence electrons. The van der Waals surface area contributed by atoms with Crippen LogP contribution in [-0.4, -0.2) is 17.5 Å². The van der Waals surface area contributed by atoms with Crippen LogP contribution in [0.25, 0.3) is 0 Å². The minimum Gasteiger partial charge on any atom is -0.329 e. The summed E-state index contributed by atoms with van der Waals surface area (Å²) in [5, 5.41) is 3.44. The van der Waals surface area contributed by atoms with Crippen molar-refractivity contribution in [2.45, 2.75) is 32.5 Å². The van der Waals surface area contributed by atoms with Crippen molar-refractivity contribution < 1.29 is 0 Å². The highest BCUT2D eigenvalue weighted by atomic mass is 35.5. The lowest BCUT2D eigenvalue weighted by molar-refractivity contribution is 0.149. The van der Waals surface area contributed by atoms with Crippen LogP contribution in [0.5, 0.6) is 0 Å². The van der Waals surface area contributed by atoms with Gasteiger partial charge in [-0.05, 0) is 37.4 Å². The van der Waals surface area contributed by atoms with Gasteiger partial charge in [-0.1, -0.05) is 35.3 Å². The van der Waals surface area contributed by atoms with Crippen LogP contribution in [0.4, 0.5) is 0 Å². The Morgan fingerprint density at radius 2 is 1.81 bits per heavy atom. The molecule has 2 aromatic rings. The van der Waals surface area contributed by atoms with Crippen LogP contribution in [0.3, 0.4) is 0 Å². The number of hydrogen-bond donors (Lipinski definition) is 1. The molecule has 21 heavy (non-hydrogen) atoms. The van der Waals surface area contributed by atoms with Gasteiger partial charge in [0.2, 0.25) is 0 Å². The molecule has 0 fully saturated rings. The molecule has 2 N–H and O–H groups in total. The first-order chi connectivity index (χ1) is 10.0. The van der Waals surface area contributed by atoms with Gasteiger partial charge in [-0.2, -0.15) is 0 Å². The van der Waals surface area contributed by atoms with E-state index in [0.29, 0.717) is 22.6 Å². The number of nitrogens with two attached hydrogens (primary N) is 1. The van der Waals surface area contributed by atoms with Crippen LogP contribution in [0.1, 0.15) is 30.3 Å². The molecule has 0 radical (unpaired) electrons. The van der Waals surface area contributed by atoms with E-state index in [0.717, 1.165) is 12.1 Å². The second-order valence-corrected chi connectivity index (χ2v) is 7.08. The van der Waals surface area contributed by atoms with E-state index in [1.807, 2.05) is 18.2 Å². The van der Waals surface area contributed by atoms with Gasteiger partial charge >= 0.3 is 0 Å². The maximum Gasteiger partial charge on any atom is 0.0506 e. The Balaban J connectivity index is 2.36. The molecule has 0 aliphatic carbocycles. The quantitative estimate of drug-likeness (QED) is 0.803. The van der Waals surface area contributed by atoms with Crippen LogP contribution in [0, 0.1) is 0 Å². The van der Waals surface area contributed by atoms with Gasteiger partial charge in [0.05, 0.1) is 6.04 Å². The van der Waals surface area contributed by atoms with E-state index in [4.69, 9.17) is 28.9 Å². The lowest BCUT2D eigenvalue weighted by atomic mass is 10.0. The maximum absolute atomic E-state index is 6.37. The molecule has 0 amide bonds. The van der Waals surface area contributed by atoms with Gasteiger partial charge in [0.1, 0.15) is 0 Å². The van der Waals surface area contributed by atoms with E-state index in [9.17, 15) is 0 Å². The van der Waals surface area contributed by atoms with E-state index in [-0.39, 0.29) is 6.04 Å². The van der Waals surface area contributed by atoms with E-state index < -0.39 is 0 Å². The molecule has 0 saturated heterocycles. The van der Waals surface area contributed by atoms with Gasteiger partial charge in [-0.3, -0.25) is 4.90 Å². The monoisotopic (exact) mass is 342 g/mol. The minimum absolute atomic E-state index is 0.00769. The molecule has 0 bridgehead atoms. The third-order valence-corrected chi connectivity index (χ3v) is 5.06. The van der Waals surface area contributed by atoms with Crippen molar-refractivity contribution >= 4 is 34.5 Å². The Hall–Kier alpha value is -0.580. The zero-order valence-corrected chi connectivity index (χ0v) is 14.6. The minimum atomic E-state index is 0.00769. The number of thiophene rings is 1. The molecular formula is C16H20Cl2N2S. The molecule has 1 aromatic heterocycles. The summed E-state index contributed by atoms with van der Waals surface area (Å²) in [6, 6.07) is 10.2. The van der Waals surface area contributed by atoms with Crippen LogP contribution >= 0.6 is 34.5 Å². The summed E-state index contributed by atoms with van der Waals surface area (Å²) in [4.78, 5) is 3.66. The summed E-state index contributed by atoms with van der Waals surface area (Å²) in [5.41, 5.74) is 6.98. The summed E-state index contributed by atoms with van der Waals surface area (Å²) in [6.45, 7) is 5.66. The Morgan fingerprint density at radius 3 is 2.29 bits per heavy atom. The molecule has 0 aliphatic heterocycles. The standard InChI is InChI=1S/C16H20Cl2N2S/c1-11(2)20(10-12-5-4-8-21-12)15(9-19)16-13(17)6-3-7-14(16)18/h3-8,11,15H,9-10,19H2,1-2H3. The number of halogens is 2. The number of hydrogen-bond acceptors (Lipinski definition) is 3.